The van der Waals surface area contributed by atoms with Crippen molar-refractivity contribution >= 4 is 40.9 Å². The summed E-state index contributed by atoms with van der Waals surface area (Å²) >= 11 is 12.4. The van der Waals surface area contributed by atoms with Gasteiger partial charge in [0, 0.05) is 41.6 Å². The van der Waals surface area contributed by atoms with Crippen molar-refractivity contribution in [3.63, 3.8) is 0 Å². The van der Waals surface area contributed by atoms with E-state index in [1.54, 1.807) is 26.0 Å². The molecule has 1 aromatic heterocycles. The van der Waals surface area contributed by atoms with Gasteiger partial charge in [-0.25, -0.2) is 4.98 Å². The van der Waals surface area contributed by atoms with Gasteiger partial charge in [0.05, 0.1) is 13.0 Å². The second kappa shape index (κ2) is 12.2. The molecule has 0 bridgehead atoms. The number of methoxy groups -OCH3 is 1. The minimum atomic E-state index is -0.762. The second-order valence-corrected chi connectivity index (χ2v) is 9.23. The van der Waals surface area contributed by atoms with Crippen LogP contribution in [0.1, 0.15) is 63.0 Å². The molecule has 0 saturated carbocycles. The monoisotopic (exact) mass is 509 g/mol. The molecule has 0 N–H and O–H groups in total. The maximum Gasteiger partial charge on any atom is 0.309 e. The van der Waals surface area contributed by atoms with E-state index in [2.05, 4.69) is 4.98 Å². The molecule has 2 rings (SSSR count). The van der Waals surface area contributed by atoms with E-state index in [0.717, 1.165) is 5.56 Å². The van der Waals surface area contributed by atoms with Crippen LogP contribution in [0.15, 0.2) is 30.5 Å². The summed E-state index contributed by atoms with van der Waals surface area (Å²) in [6.45, 7) is 8.62. The van der Waals surface area contributed by atoms with Crippen molar-refractivity contribution in [3.05, 3.63) is 51.8 Å². The number of hydrogen-bond donors (Lipinski definition) is 0. The molecule has 0 aliphatic carbocycles. The lowest BCUT2D eigenvalue weighted by molar-refractivity contribution is -0.154. The van der Waals surface area contributed by atoms with Gasteiger partial charge in [-0.1, -0.05) is 50.0 Å². The van der Waals surface area contributed by atoms with Gasteiger partial charge in [-0.05, 0) is 30.5 Å². The summed E-state index contributed by atoms with van der Waals surface area (Å²) in [5.41, 5.74) is 0.743. The Hall–Kier alpha value is -2.64. The number of hydrogen-bond acceptors (Lipinski definition) is 7. The van der Waals surface area contributed by atoms with E-state index in [-0.39, 0.29) is 35.4 Å². The van der Waals surface area contributed by atoms with Gasteiger partial charge in [0.25, 0.3) is 0 Å². The quantitative estimate of drug-likeness (QED) is 0.290. The van der Waals surface area contributed by atoms with Crippen LogP contribution in [-0.2, 0) is 14.3 Å². The van der Waals surface area contributed by atoms with Gasteiger partial charge in [0.15, 0.2) is 17.2 Å². The predicted molar refractivity (Wildman–Crippen MR) is 130 cm³/mol. The third kappa shape index (κ3) is 6.93. The highest BCUT2D eigenvalue weighted by atomic mass is 35.5. The van der Waals surface area contributed by atoms with E-state index < -0.39 is 29.7 Å². The van der Waals surface area contributed by atoms with Crippen LogP contribution in [0.25, 0.3) is 0 Å². The summed E-state index contributed by atoms with van der Waals surface area (Å²) in [4.78, 5) is 41.3. The first kappa shape index (κ1) is 27.6. The Kier molecular flexibility index (Phi) is 9.89. The van der Waals surface area contributed by atoms with Crippen molar-refractivity contribution in [3.8, 4) is 11.5 Å². The van der Waals surface area contributed by atoms with Crippen LogP contribution in [0.2, 0.25) is 10.0 Å². The average molecular weight is 510 g/mol. The molecule has 0 spiro atoms. The number of Topliss-reactive ketones (excluding diaryl/α,β-unsaturated/α-hetero) is 1. The fourth-order valence-electron chi connectivity index (χ4n) is 3.79. The highest BCUT2D eigenvalue weighted by Crippen LogP contribution is 2.36. The van der Waals surface area contributed by atoms with E-state index in [1.165, 1.54) is 26.3 Å². The number of benzene rings is 1. The highest BCUT2D eigenvalue weighted by Gasteiger charge is 2.31. The number of rotatable bonds is 10. The van der Waals surface area contributed by atoms with Crippen molar-refractivity contribution in [1.82, 2.24) is 4.98 Å². The van der Waals surface area contributed by atoms with E-state index >= 15 is 0 Å². The lowest BCUT2D eigenvalue weighted by atomic mass is 9.84. The molecule has 0 aliphatic rings. The van der Waals surface area contributed by atoms with Crippen molar-refractivity contribution in [2.45, 2.75) is 53.1 Å². The van der Waals surface area contributed by atoms with Gasteiger partial charge in [-0.2, -0.15) is 0 Å². The first-order valence-corrected chi connectivity index (χ1v) is 11.6. The molecule has 3 atom stereocenters. The van der Waals surface area contributed by atoms with Gasteiger partial charge in [-0.15, -0.1) is 0 Å². The maximum atomic E-state index is 12.9. The van der Waals surface area contributed by atoms with Crippen LogP contribution in [0.4, 0.5) is 0 Å². The standard InChI is InChI=1S/C25H29Cl2NO6/c1-13(2)22(18-8-7-17(26)12-19(18)27)15(4)33-25(31)14(3)11-20(30)23-24(34-16(5)29)21(32-6)9-10-28-23/h7-10,12-15,22H,11H2,1-6H3/t14-,15+,22+/m1/s1. The number of pyridine rings is 1. The molecule has 2 aromatic rings. The summed E-state index contributed by atoms with van der Waals surface area (Å²) < 4.78 is 16.0. The number of esters is 2. The number of ether oxygens (including phenoxy) is 3. The van der Waals surface area contributed by atoms with Crippen LogP contribution >= 0.6 is 23.2 Å². The van der Waals surface area contributed by atoms with Crippen LogP contribution in [-0.4, -0.2) is 35.9 Å². The normalized spacial score (nSPS) is 13.7. The van der Waals surface area contributed by atoms with Crippen molar-refractivity contribution < 1.29 is 28.6 Å². The third-order valence-electron chi connectivity index (χ3n) is 5.34. The zero-order valence-electron chi connectivity index (χ0n) is 20.1. The summed E-state index contributed by atoms with van der Waals surface area (Å²) in [7, 11) is 1.38. The number of nitrogens with zero attached hydrogens (tertiary/aromatic N) is 1. The van der Waals surface area contributed by atoms with Gasteiger partial charge >= 0.3 is 11.9 Å². The molecule has 0 amide bonds. The van der Waals surface area contributed by atoms with Crippen LogP contribution < -0.4 is 9.47 Å². The van der Waals surface area contributed by atoms with Gasteiger partial charge in [0.2, 0.25) is 5.75 Å². The van der Waals surface area contributed by atoms with E-state index in [4.69, 9.17) is 37.4 Å². The molecule has 184 valence electrons. The molecule has 9 heteroatoms. The largest absolute Gasteiger partial charge is 0.493 e. The Morgan fingerprint density at radius 3 is 2.29 bits per heavy atom. The average Bonchev–Trinajstić information content (AvgIpc) is 2.74. The molecule has 0 saturated heterocycles. The molecular formula is C25H29Cl2NO6. The predicted octanol–water partition coefficient (Wildman–Crippen LogP) is 5.90. The molecule has 0 fully saturated rings. The number of halogens is 2. The molecule has 0 unspecified atom stereocenters. The number of aromatic nitrogens is 1. The zero-order valence-corrected chi connectivity index (χ0v) is 21.6. The van der Waals surface area contributed by atoms with E-state index in [9.17, 15) is 14.4 Å². The van der Waals surface area contributed by atoms with Crippen molar-refractivity contribution in [2.75, 3.05) is 7.11 Å². The van der Waals surface area contributed by atoms with Gasteiger partial charge in [0.1, 0.15) is 6.10 Å². The van der Waals surface area contributed by atoms with Gasteiger partial charge in [-0.3, -0.25) is 14.4 Å². The summed E-state index contributed by atoms with van der Waals surface area (Å²) in [5, 5.41) is 1.02. The zero-order chi connectivity index (χ0) is 25.6. The Morgan fingerprint density at radius 2 is 1.74 bits per heavy atom. The second-order valence-electron chi connectivity index (χ2n) is 8.39. The van der Waals surface area contributed by atoms with Crippen LogP contribution in [0.5, 0.6) is 11.5 Å². The Morgan fingerprint density at radius 1 is 1.06 bits per heavy atom. The molecule has 34 heavy (non-hydrogen) atoms. The molecule has 7 nitrogen and oxygen atoms in total. The lowest BCUT2D eigenvalue weighted by Gasteiger charge is -2.29. The van der Waals surface area contributed by atoms with Crippen LogP contribution in [0.3, 0.4) is 0 Å². The lowest BCUT2D eigenvalue weighted by Crippen LogP contribution is -2.29. The molecular weight excluding hydrogens is 481 g/mol. The summed E-state index contributed by atoms with van der Waals surface area (Å²) in [6.07, 6.45) is 0.677. The third-order valence-corrected chi connectivity index (χ3v) is 5.90. The minimum absolute atomic E-state index is 0.0753. The number of carbonyl (C=O) groups excluding carboxylic acids is 3. The summed E-state index contributed by atoms with van der Waals surface area (Å²) in [6, 6.07) is 6.71. The highest BCUT2D eigenvalue weighted by molar-refractivity contribution is 6.35. The SMILES string of the molecule is COc1ccnc(C(=O)C[C@@H](C)C(=O)O[C@@H](C)[C@@H](c2ccc(Cl)cc2Cl)C(C)C)c1OC(C)=O. The molecule has 1 heterocycles. The topological polar surface area (TPSA) is 91.8 Å². The first-order chi connectivity index (χ1) is 16.0. The van der Waals surface area contributed by atoms with Gasteiger partial charge < -0.3 is 14.2 Å². The van der Waals surface area contributed by atoms with E-state index in [0.29, 0.717) is 10.0 Å². The minimum Gasteiger partial charge on any atom is -0.493 e. The van der Waals surface area contributed by atoms with Crippen molar-refractivity contribution in [2.24, 2.45) is 11.8 Å². The number of carbonyl (C=O) groups is 3. The Labute approximate surface area is 209 Å². The van der Waals surface area contributed by atoms with Crippen LogP contribution in [0, 0.1) is 11.8 Å². The van der Waals surface area contributed by atoms with E-state index in [1.807, 2.05) is 19.9 Å². The molecule has 0 radical (unpaired) electrons. The Bertz CT molecular complexity index is 1060. The molecule has 0 aliphatic heterocycles. The van der Waals surface area contributed by atoms with Crippen molar-refractivity contribution in [1.29, 1.82) is 0 Å². The maximum absolute atomic E-state index is 12.9. The fourth-order valence-corrected chi connectivity index (χ4v) is 4.32. The smallest absolute Gasteiger partial charge is 0.309 e. The Balaban J connectivity index is 2.16. The number of ketones is 1. The summed E-state index contributed by atoms with van der Waals surface area (Å²) in [5.74, 6) is -2.34. The molecule has 1 aromatic carbocycles. The fraction of sp³-hybridized carbons (Fsp3) is 0.440. The first-order valence-electron chi connectivity index (χ1n) is 10.9.